The molecule has 2 atom stereocenters. The molecule has 1 aromatic heterocycles. The summed E-state index contributed by atoms with van der Waals surface area (Å²) >= 11 is 2.35. The van der Waals surface area contributed by atoms with Crippen molar-refractivity contribution in [3.63, 3.8) is 0 Å². The maximum absolute atomic E-state index is 12.7. The van der Waals surface area contributed by atoms with Crippen molar-refractivity contribution in [2.24, 2.45) is 5.16 Å². The van der Waals surface area contributed by atoms with Gasteiger partial charge in [-0.1, -0.05) is 5.16 Å². The van der Waals surface area contributed by atoms with Gasteiger partial charge in [0.15, 0.2) is 10.8 Å². The summed E-state index contributed by atoms with van der Waals surface area (Å²) in [6.45, 7) is 0.975. The van der Waals surface area contributed by atoms with Crippen LogP contribution in [-0.2, 0) is 28.8 Å². The predicted molar refractivity (Wildman–Crippen MR) is 114 cm³/mol. The van der Waals surface area contributed by atoms with E-state index < -0.39 is 35.2 Å². The van der Waals surface area contributed by atoms with Gasteiger partial charge in [0, 0.05) is 23.6 Å². The van der Waals surface area contributed by atoms with Crippen LogP contribution in [0.2, 0.25) is 0 Å². The third-order valence-corrected chi connectivity index (χ3v) is 6.16. The number of fused-ring (bicyclic) bond motifs is 1. The molecule has 0 radical (unpaired) electrons. The lowest BCUT2D eigenvalue weighted by atomic mass is 10.0. The van der Waals surface area contributed by atoms with Gasteiger partial charge in [-0.25, -0.2) is 9.78 Å². The van der Waals surface area contributed by atoms with E-state index in [1.165, 1.54) is 31.2 Å². The summed E-state index contributed by atoms with van der Waals surface area (Å²) in [5.41, 5.74) is 5.67. The van der Waals surface area contributed by atoms with Gasteiger partial charge in [-0.2, -0.15) is 0 Å². The number of carbonyl (C=O) groups excluding carboxylic acids is 3. The highest BCUT2D eigenvalue weighted by Gasteiger charge is 2.54. The van der Waals surface area contributed by atoms with E-state index in [1.807, 2.05) is 0 Å². The highest BCUT2D eigenvalue weighted by Crippen LogP contribution is 2.40. The number of β-lactam (4-membered cyclic amide) rings is 1. The second-order valence-electron chi connectivity index (χ2n) is 6.09. The molecule has 0 spiro atoms. The van der Waals surface area contributed by atoms with Crippen LogP contribution in [0.25, 0.3) is 0 Å². The van der Waals surface area contributed by atoms with Crippen LogP contribution in [0.5, 0.6) is 0 Å². The number of thiazole rings is 1. The number of carboxylic acids is 1. The molecule has 0 unspecified atom stereocenters. The maximum atomic E-state index is 12.7. The van der Waals surface area contributed by atoms with Crippen molar-refractivity contribution in [2.75, 3.05) is 25.2 Å². The number of hydrogen-bond acceptors (Lipinski definition) is 11. The predicted octanol–water partition coefficient (Wildman–Crippen LogP) is -0.201. The van der Waals surface area contributed by atoms with E-state index >= 15 is 0 Å². The van der Waals surface area contributed by atoms with E-state index in [0.717, 1.165) is 16.2 Å². The van der Waals surface area contributed by atoms with Crippen LogP contribution in [-0.4, -0.2) is 75.3 Å². The number of nitrogen functional groups attached to an aromatic ring is 1. The van der Waals surface area contributed by atoms with E-state index in [2.05, 4.69) is 20.3 Å². The molecule has 4 N–H and O–H groups in total. The zero-order valence-corrected chi connectivity index (χ0v) is 18.6. The fraction of sp³-hybridized carbons (Fsp3) is 0.375. The van der Waals surface area contributed by atoms with Crippen molar-refractivity contribution >= 4 is 70.1 Å². The van der Waals surface area contributed by atoms with E-state index in [0.29, 0.717) is 5.57 Å². The number of carboxylic acid groups (broad SMARTS) is 1. The molecule has 168 valence electrons. The lowest BCUT2D eigenvalue weighted by Crippen LogP contribution is -2.71. The molecule has 15 heteroatoms. The molecule has 0 bridgehead atoms. The number of carbonyl (C=O) groups is 4. The first-order valence-corrected chi connectivity index (χ1v) is 10.3. The number of thioether (sulfide) groups is 1. The quantitative estimate of drug-likeness (QED) is 0.200. The first kappa shape index (κ1) is 24.4. The number of aromatic nitrogens is 1. The molecule has 12 nitrogen and oxygen atoms in total. The average Bonchev–Trinajstić information content (AvgIpc) is 3.13. The fourth-order valence-electron chi connectivity index (χ4n) is 2.88. The van der Waals surface area contributed by atoms with Gasteiger partial charge >= 0.3 is 11.9 Å². The molecular formula is C16H18ClN5O7S2. The highest BCUT2D eigenvalue weighted by atomic mass is 35.5. The third kappa shape index (κ3) is 4.91. The monoisotopic (exact) mass is 491 g/mol. The van der Waals surface area contributed by atoms with E-state index in [-0.39, 0.29) is 47.0 Å². The summed E-state index contributed by atoms with van der Waals surface area (Å²) in [6.07, 6.45) is 0. The molecule has 1 saturated heterocycles. The van der Waals surface area contributed by atoms with Crippen molar-refractivity contribution < 1.29 is 33.9 Å². The molecule has 0 aromatic carbocycles. The summed E-state index contributed by atoms with van der Waals surface area (Å²) in [5, 5.41) is 16.9. The Hall–Kier alpha value is -2.84. The Bertz CT molecular complexity index is 979. The summed E-state index contributed by atoms with van der Waals surface area (Å²) < 4.78 is 4.88. The molecule has 1 aromatic rings. The van der Waals surface area contributed by atoms with E-state index in [1.54, 1.807) is 0 Å². The third-order valence-electron chi connectivity index (χ3n) is 4.15. The number of esters is 1. The smallest absolute Gasteiger partial charge is 0.352 e. The average molecular weight is 492 g/mol. The van der Waals surface area contributed by atoms with Crippen molar-refractivity contribution in [3.05, 3.63) is 22.3 Å². The van der Waals surface area contributed by atoms with Gasteiger partial charge in [0.1, 0.15) is 36.5 Å². The number of anilines is 1. The second-order valence-corrected chi connectivity index (χ2v) is 8.09. The van der Waals surface area contributed by atoms with E-state index in [9.17, 15) is 24.3 Å². The lowest BCUT2D eigenvalue weighted by molar-refractivity contribution is -0.150. The number of halogens is 1. The summed E-state index contributed by atoms with van der Waals surface area (Å²) in [7, 11) is 1.25. The minimum atomic E-state index is -1.32. The highest BCUT2D eigenvalue weighted by molar-refractivity contribution is 8.00. The second kappa shape index (κ2) is 9.98. The number of rotatable bonds is 7. The molecule has 1 fully saturated rings. The zero-order chi connectivity index (χ0) is 22.0. The number of amides is 2. The van der Waals surface area contributed by atoms with Gasteiger partial charge in [0.05, 0.1) is 0 Å². The zero-order valence-electron chi connectivity index (χ0n) is 16.2. The Balaban J connectivity index is 0.00000341. The van der Waals surface area contributed by atoms with Gasteiger partial charge in [-0.15, -0.1) is 35.5 Å². The largest absolute Gasteiger partial charge is 0.477 e. The van der Waals surface area contributed by atoms with Gasteiger partial charge in [-0.05, 0) is 0 Å². The van der Waals surface area contributed by atoms with Gasteiger partial charge in [0.2, 0.25) is 0 Å². The molecular weight excluding hydrogens is 474 g/mol. The Kier molecular flexibility index (Phi) is 7.86. The Morgan fingerprint density at radius 2 is 2.16 bits per heavy atom. The molecule has 2 aliphatic rings. The number of nitrogens with zero attached hydrogens (tertiary/aromatic N) is 3. The van der Waals surface area contributed by atoms with Gasteiger partial charge in [0.25, 0.3) is 11.8 Å². The Morgan fingerprint density at radius 3 is 2.71 bits per heavy atom. The molecule has 0 saturated carbocycles. The minimum absolute atomic E-state index is 0. The van der Waals surface area contributed by atoms with Gasteiger partial charge in [-0.3, -0.25) is 19.3 Å². The number of nitrogens with one attached hydrogen (secondary N) is 1. The normalized spacial score (nSPS) is 20.3. The number of hydrogen-bond donors (Lipinski definition) is 3. The van der Waals surface area contributed by atoms with Crippen LogP contribution in [0.15, 0.2) is 21.8 Å². The van der Waals surface area contributed by atoms with Crippen LogP contribution in [0.1, 0.15) is 12.6 Å². The standard InChI is InChI=1S/C16H17N5O7S2.ClH/c1-6(22)28-3-7-4-29-14-10(13(24)21(14)11(7)15(25)26)19-12(23)9(20-27-2)8-5-30-16(17)18-8;/h5,10,14H,3-4H2,1-2H3,(H2,17,18)(H,19,23)(H,25,26);1H/b20-9-;/t10-,14-;/m1./s1. The van der Waals surface area contributed by atoms with Crippen LogP contribution >= 0.6 is 35.5 Å². The Morgan fingerprint density at radius 1 is 1.45 bits per heavy atom. The molecule has 31 heavy (non-hydrogen) atoms. The maximum Gasteiger partial charge on any atom is 0.352 e. The number of ether oxygens (including phenoxy) is 1. The minimum Gasteiger partial charge on any atom is -0.477 e. The Labute approximate surface area is 190 Å². The molecule has 0 aliphatic carbocycles. The molecule has 3 heterocycles. The summed E-state index contributed by atoms with van der Waals surface area (Å²) in [5.74, 6) is -2.98. The van der Waals surface area contributed by atoms with Crippen LogP contribution < -0.4 is 11.1 Å². The fourth-order valence-corrected chi connectivity index (χ4v) is 4.76. The van der Waals surface area contributed by atoms with Crippen LogP contribution in [0.3, 0.4) is 0 Å². The van der Waals surface area contributed by atoms with E-state index in [4.69, 9.17) is 10.5 Å². The van der Waals surface area contributed by atoms with Crippen LogP contribution in [0.4, 0.5) is 5.13 Å². The number of aliphatic carboxylic acids is 1. The van der Waals surface area contributed by atoms with Crippen molar-refractivity contribution in [2.45, 2.75) is 18.3 Å². The van der Waals surface area contributed by atoms with Gasteiger partial charge < -0.3 is 25.7 Å². The molecule has 2 aliphatic heterocycles. The van der Waals surface area contributed by atoms with Crippen molar-refractivity contribution in [1.29, 1.82) is 0 Å². The van der Waals surface area contributed by atoms with Crippen molar-refractivity contribution in [3.8, 4) is 0 Å². The van der Waals surface area contributed by atoms with Crippen LogP contribution in [0, 0.1) is 0 Å². The first-order chi connectivity index (χ1) is 14.2. The number of oxime groups is 1. The van der Waals surface area contributed by atoms with Crippen molar-refractivity contribution in [1.82, 2.24) is 15.2 Å². The molecule has 2 amide bonds. The lowest BCUT2D eigenvalue weighted by Gasteiger charge is -2.49. The summed E-state index contributed by atoms with van der Waals surface area (Å²) in [6, 6.07) is -0.967. The topological polar surface area (TPSA) is 174 Å². The number of nitrogens with two attached hydrogens (primary N) is 1. The summed E-state index contributed by atoms with van der Waals surface area (Å²) in [4.78, 5) is 57.8. The molecule has 3 rings (SSSR count). The first-order valence-electron chi connectivity index (χ1n) is 8.41. The SMILES string of the molecule is CO/N=C(\C(=O)N[C@@H]1C(=O)N2C(C(=O)O)=C(COC(C)=O)CS[C@H]12)c1csc(N)n1.Cl.